The van der Waals surface area contributed by atoms with Gasteiger partial charge in [0, 0.05) is 17.8 Å². The Kier molecular flexibility index (Phi) is 4.67. The van der Waals surface area contributed by atoms with Crippen LogP contribution in [0.5, 0.6) is 0 Å². The summed E-state index contributed by atoms with van der Waals surface area (Å²) in [4.78, 5) is 12.1. The van der Waals surface area contributed by atoms with E-state index >= 15 is 0 Å². The van der Waals surface area contributed by atoms with E-state index in [9.17, 15) is 0 Å². The maximum absolute atomic E-state index is 4.87. The van der Waals surface area contributed by atoms with Crippen LogP contribution < -0.4 is 5.32 Å². The van der Waals surface area contributed by atoms with Crippen molar-refractivity contribution in [2.75, 3.05) is 5.32 Å². The average molecular weight is 359 g/mol. The van der Waals surface area contributed by atoms with Gasteiger partial charge < -0.3 is 5.32 Å². The van der Waals surface area contributed by atoms with Crippen LogP contribution in [0.3, 0.4) is 0 Å². The molecule has 1 N–H and O–H groups in total. The number of hydrogen-bond acceptors (Lipinski definition) is 4. The van der Waals surface area contributed by atoms with Gasteiger partial charge >= 0.3 is 0 Å². The van der Waals surface area contributed by atoms with Crippen molar-refractivity contribution in [2.24, 2.45) is 0 Å². The third-order valence-corrected chi connectivity index (χ3v) is 5.68. The van der Waals surface area contributed by atoms with Gasteiger partial charge in [0.2, 0.25) is 0 Å². The summed E-state index contributed by atoms with van der Waals surface area (Å²) < 4.78 is 0. The summed E-state index contributed by atoms with van der Waals surface area (Å²) in [6.45, 7) is 5.06. The lowest BCUT2D eigenvalue weighted by Crippen LogP contribution is -2.06. The first-order valence-corrected chi connectivity index (χ1v) is 9.60. The first-order chi connectivity index (χ1) is 12.7. The number of thiophene rings is 1. The fraction of sp³-hybridized carbons (Fsp3) is 0.182. The van der Waals surface area contributed by atoms with Gasteiger partial charge in [-0.05, 0) is 30.5 Å². The molecular weight excluding hydrogens is 338 g/mol. The monoisotopic (exact) mass is 359 g/mol. The van der Waals surface area contributed by atoms with Gasteiger partial charge in [0.25, 0.3) is 0 Å². The molecular formula is C22H21N3S. The van der Waals surface area contributed by atoms with E-state index in [2.05, 4.69) is 67.7 Å². The highest BCUT2D eigenvalue weighted by atomic mass is 32.1. The van der Waals surface area contributed by atoms with E-state index in [1.165, 1.54) is 21.6 Å². The largest absolute Gasteiger partial charge is 0.365 e. The number of nitrogens with zero attached hydrogens (tertiary/aromatic N) is 2. The first kappa shape index (κ1) is 16.7. The molecule has 4 aromatic rings. The Morgan fingerprint density at radius 1 is 0.846 bits per heavy atom. The lowest BCUT2D eigenvalue weighted by Gasteiger charge is -2.10. The van der Waals surface area contributed by atoms with E-state index in [0.717, 1.165) is 34.8 Å². The Morgan fingerprint density at radius 3 is 2.19 bits per heavy atom. The molecule has 2 aromatic carbocycles. The van der Waals surface area contributed by atoms with E-state index in [0.29, 0.717) is 0 Å². The molecule has 0 saturated heterocycles. The second-order valence-corrected chi connectivity index (χ2v) is 7.66. The molecule has 0 saturated carbocycles. The Morgan fingerprint density at radius 2 is 1.50 bits per heavy atom. The fourth-order valence-corrected chi connectivity index (χ4v) is 4.11. The highest BCUT2D eigenvalue weighted by Crippen LogP contribution is 2.33. The summed E-state index contributed by atoms with van der Waals surface area (Å²) in [5.74, 6) is 1.80. The molecule has 0 fully saturated rings. The van der Waals surface area contributed by atoms with E-state index in [4.69, 9.17) is 9.97 Å². The van der Waals surface area contributed by atoms with Gasteiger partial charge in [-0.3, -0.25) is 0 Å². The molecule has 0 aliphatic carbocycles. The van der Waals surface area contributed by atoms with Crippen molar-refractivity contribution < 1.29 is 0 Å². The third kappa shape index (κ3) is 3.46. The van der Waals surface area contributed by atoms with Crippen molar-refractivity contribution in [2.45, 2.75) is 26.8 Å². The van der Waals surface area contributed by atoms with Gasteiger partial charge in [0.05, 0.1) is 5.39 Å². The van der Waals surface area contributed by atoms with Crippen LogP contribution in [0.2, 0.25) is 0 Å². The Labute approximate surface area is 157 Å². The molecule has 3 nitrogen and oxygen atoms in total. The predicted molar refractivity (Wildman–Crippen MR) is 110 cm³/mol. The standard InChI is InChI=1S/C22H21N3S/c1-15-16(2)26-22-20(15)21(23-14-18-11-7-4-8-12-18)24-19(25-22)13-17-9-5-3-6-10-17/h3-12H,13-14H2,1-2H3,(H,23,24,25). The van der Waals surface area contributed by atoms with E-state index < -0.39 is 0 Å². The summed E-state index contributed by atoms with van der Waals surface area (Å²) in [7, 11) is 0. The van der Waals surface area contributed by atoms with Gasteiger partial charge in [0.1, 0.15) is 16.5 Å². The Hall–Kier alpha value is -2.72. The number of hydrogen-bond donors (Lipinski definition) is 1. The molecule has 0 atom stereocenters. The number of aryl methyl sites for hydroxylation is 2. The Bertz CT molecular complexity index is 1020. The molecule has 26 heavy (non-hydrogen) atoms. The molecule has 0 aliphatic heterocycles. The van der Waals surface area contributed by atoms with Crippen LogP contribution >= 0.6 is 11.3 Å². The van der Waals surface area contributed by atoms with Gasteiger partial charge in [-0.2, -0.15) is 0 Å². The SMILES string of the molecule is Cc1sc2nc(Cc3ccccc3)nc(NCc3ccccc3)c2c1C. The summed E-state index contributed by atoms with van der Waals surface area (Å²) in [5, 5.41) is 4.69. The van der Waals surface area contributed by atoms with Crippen LogP contribution in [0.4, 0.5) is 5.82 Å². The quantitative estimate of drug-likeness (QED) is 0.510. The number of rotatable bonds is 5. The van der Waals surface area contributed by atoms with Crippen LogP contribution in [0.25, 0.3) is 10.2 Å². The molecule has 0 spiro atoms. The topological polar surface area (TPSA) is 37.8 Å². The number of aromatic nitrogens is 2. The molecule has 4 heteroatoms. The molecule has 0 amide bonds. The minimum Gasteiger partial charge on any atom is -0.365 e. The molecule has 4 rings (SSSR count). The van der Waals surface area contributed by atoms with Crippen LogP contribution in [-0.2, 0) is 13.0 Å². The molecule has 0 radical (unpaired) electrons. The molecule has 0 bridgehead atoms. The van der Waals surface area contributed by atoms with E-state index in [-0.39, 0.29) is 0 Å². The first-order valence-electron chi connectivity index (χ1n) is 8.79. The van der Waals surface area contributed by atoms with Crippen molar-refractivity contribution in [3.05, 3.63) is 88.1 Å². The molecule has 0 aliphatic rings. The minimum absolute atomic E-state index is 0.743. The maximum atomic E-state index is 4.87. The van der Waals surface area contributed by atoms with Crippen molar-refractivity contribution in [1.82, 2.24) is 9.97 Å². The van der Waals surface area contributed by atoms with Crippen LogP contribution in [0.1, 0.15) is 27.4 Å². The van der Waals surface area contributed by atoms with Gasteiger partial charge in [-0.25, -0.2) is 9.97 Å². The number of nitrogens with one attached hydrogen (secondary N) is 1. The maximum Gasteiger partial charge on any atom is 0.139 e. The zero-order valence-electron chi connectivity index (χ0n) is 15.0. The molecule has 2 heterocycles. The van der Waals surface area contributed by atoms with Crippen molar-refractivity contribution in [1.29, 1.82) is 0 Å². The average Bonchev–Trinajstić information content (AvgIpc) is 2.95. The molecule has 2 aromatic heterocycles. The zero-order valence-corrected chi connectivity index (χ0v) is 15.8. The van der Waals surface area contributed by atoms with E-state index in [1.807, 2.05) is 12.1 Å². The highest BCUT2D eigenvalue weighted by Gasteiger charge is 2.14. The lowest BCUT2D eigenvalue weighted by atomic mass is 10.1. The summed E-state index contributed by atoms with van der Waals surface area (Å²) in [6, 6.07) is 20.8. The van der Waals surface area contributed by atoms with Crippen LogP contribution in [0, 0.1) is 13.8 Å². The number of fused-ring (bicyclic) bond motifs is 1. The van der Waals surface area contributed by atoms with Crippen molar-refractivity contribution in [3.63, 3.8) is 0 Å². The highest BCUT2D eigenvalue weighted by molar-refractivity contribution is 7.18. The number of anilines is 1. The minimum atomic E-state index is 0.743. The third-order valence-electron chi connectivity index (χ3n) is 4.58. The second kappa shape index (κ2) is 7.26. The predicted octanol–water partition coefficient (Wildman–Crippen LogP) is 5.51. The summed E-state index contributed by atoms with van der Waals surface area (Å²) in [6.07, 6.45) is 0.743. The van der Waals surface area contributed by atoms with Gasteiger partial charge in [0.15, 0.2) is 0 Å². The zero-order chi connectivity index (χ0) is 17.9. The summed E-state index contributed by atoms with van der Waals surface area (Å²) in [5.41, 5.74) is 3.74. The normalized spacial score (nSPS) is 11.0. The van der Waals surface area contributed by atoms with E-state index in [1.54, 1.807) is 11.3 Å². The van der Waals surface area contributed by atoms with Crippen molar-refractivity contribution >= 4 is 27.4 Å². The van der Waals surface area contributed by atoms with Crippen LogP contribution in [0.15, 0.2) is 60.7 Å². The van der Waals surface area contributed by atoms with Crippen LogP contribution in [-0.4, -0.2) is 9.97 Å². The second-order valence-electron chi connectivity index (χ2n) is 6.45. The van der Waals surface area contributed by atoms with Gasteiger partial charge in [-0.1, -0.05) is 60.7 Å². The van der Waals surface area contributed by atoms with Crippen molar-refractivity contribution in [3.8, 4) is 0 Å². The molecule has 0 unspecified atom stereocenters. The lowest BCUT2D eigenvalue weighted by molar-refractivity contribution is 0.984. The number of benzene rings is 2. The fourth-order valence-electron chi connectivity index (χ4n) is 3.06. The van der Waals surface area contributed by atoms with Gasteiger partial charge in [-0.15, -0.1) is 11.3 Å². The Balaban J connectivity index is 1.71. The smallest absolute Gasteiger partial charge is 0.139 e. The summed E-state index contributed by atoms with van der Waals surface area (Å²) >= 11 is 1.75. The molecule has 130 valence electrons.